The molecule has 1 aromatic rings. The zero-order valence-corrected chi connectivity index (χ0v) is 16.2. The number of rotatable bonds is 7. The molecule has 2 atom stereocenters. The third-order valence-corrected chi connectivity index (χ3v) is 7.10. The number of hydrogen-bond donors (Lipinski definition) is 1. The number of amides is 1. The van der Waals surface area contributed by atoms with Gasteiger partial charge in [0.1, 0.15) is 0 Å². The number of aromatic nitrogens is 1. The molecular weight excluding hydrogens is 358 g/mol. The molecule has 0 saturated carbocycles. The molecule has 3 heterocycles. The van der Waals surface area contributed by atoms with Gasteiger partial charge in [0.2, 0.25) is 5.91 Å². The minimum atomic E-state index is -0.992. The lowest BCUT2D eigenvalue weighted by Gasteiger charge is -2.37. The van der Waals surface area contributed by atoms with Crippen molar-refractivity contribution in [3.63, 3.8) is 0 Å². The van der Waals surface area contributed by atoms with Crippen LogP contribution in [0.5, 0.6) is 0 Å². The number of thioether (sulfide) groups is 1. The number of nitrogens with zero attached hydrogens (tertiary/aromatic N) is 3. The first kappa shape index (κ1) is 18.7. The van der Waals surface area contributed by atoms with Crippen LogP contribution in [0.15, 0.2) is 9.72 Å². The summed E-state index contributed by atoms with van der Waals surface area (Å²) in [5, 5.41) is 10.5. The van der Waals surface area contributed by atoms with Crippen LogP contribution in [0.3, 0.4) is 0 Å². The first-order chi connectivity index (χ1) is 12.0. The standard InChI is InChI=1S/C17H25N3O3S2/c1-12-4-2-3-7-19(12)10-13-5-6-15(21)20(13)8-9-24-17-18-14(11-25-17)16(22)23/h11-13H,2-10H2,1H3,(H,22,23). The monoisotopic (exact) mass is 383 g/mol. The fourth-order valence-corrected chi connectivity index (χ4v) is 5.45. The number of likely N-dealkylation sites (tertiary alicyclic amines) is 2. The first-order valence-electron chi connectivity index (χ1n) is 8.89. The average Bonchev–Trinajstić information content (AvgIpc) is 3.19. The van der Waals surface area contributed by atoms with Gasteiger partial charge in [-0.1, -0.05) is 18.2 Å². The Morgan fingerprint density at radius 1 is 1.44 bits per heavy atom. The summed E-state index contributed by atoms with van der Waals surface area (Å²) in [5.41, 5.74) is 0.0988. The molecular formula is C17H25N3O3S2. The number of carbonyl (C=O) groups excluding carboxylic acids is 1. The van der Waals surface area contributed by atoms with Gasteiger partial charge in [0.15, 0.2) is 10.0 Å². The van der Waals surface area contributed by atoms with E-state index in [9.17, 15) is 9.59 Å². The smallest absolute Gasteiger partial charge is 0.355 e. The molecule has 0 bridgehead atoms. The summed E-state index contributed by atoms with van der Waals surface area (Å²) >= 11 is 2.88. The predicted octanol–water partition coefficient (Wildman–Crippen LogP) is 2.80. The van der Waals surface area contributed by atoms with E-state index < -0.39 is 5.97 Å². The minimum absolute atomic E-state index is 0.0988. The number of hydrogen-bond acceptors (Lipinski definition) is 6. The molecule has 2 aliphatic heterocycles. The molecule has 3 rings (SSSR count). The maximum absolute atomic E-state index is 12.3. The lowest BCUT2D eigenvalue weighted by molar-refractivity contribution is -0.129. The van der Waals surface area contributed by atoms with Gasteiger partial charge in [-0.25, -0.2) is 9.78 Å². The van der Waals surface area contributed by atoms with E-state index in [0.717, 1.165) is 29.6 Å². The normalized spacial score (nSPS) is 24.8. The van der Waals surface area contributed by atoms with Gasteiger partial charge in [-0.05, 0) is 32.7 Å². The van der Waals surface area contributed by atoms with Crippen molar-refractivity contribution in [2.75, 3.05) is 25.4 Å². The third-order valence-electron chi connectivity index (χ3n) is 5.10. The predicted molar refractivity (Wildman–Crippen MR) is 99.4 cm³/mol. The van der Waals surface area contributed by atoms with Gasteiger partial charge in [-0.3, -0.25) is 9.69 Å². The maximum Gasteiger partial charge on any atom is 0.355 e. The minimum Gasteiger partial charge on any atom is -0.476 e. The third kappa shape index (κ3) is 4.74. The van der Waals surface area contributed by atoms with Crippen LogP contribution in [0.25, 0.3) is 0 Å². The molecule has 2 aliphatic rings. The zero-order chi connectivity index (χ0) is 17.8. The summed E-state index contributed by atoms with van der Waals surface area (Å²) in [6, 6.07) is 0.935. The number of carboxylic acid groups (broad SMARTS) is 1. The molecule has 0 spiro atoms. The van der Waals surface area contributed by atoms with Gasteiger partial charge >= 0.3 is 5.97 Å². The highest BCUT2D eigenvalue weighted by molar-refractivity contribution is 8.01. The van der Waals surface area contributed by atoms with Crippen LogP contribution in [0, 0.1) is 0 Å². The molecule has 0 aliphatic carbocycles. The molecule has 8 heteroatoms. The van der Waals surface area contributed by atoms with E-state index in [4.69, 9.17) is 5.11 Å². The van der Waals surface area contributed by atoms with Gasteiger partial charge in [0, 0.05) is 42.7 Å². The number of thiazole rings is 1. The number of aromatic carboxylic acids is 1. The topological polar surface area (TPSA) is 73.7 Å². The number of carboxylic acids is 1. The summed E-state index contributed by atoms with van der Waals surface area (Å²) in [7, 11) is 0. The Hall–Kier alpha value is -1.12. The van der Waals surface area contributed by atoms with E-state index in [-0.39, 0.29) is 11.6 Å². The van der Waals surface area contributed by atoms with E-state index in [0.29, 0.717) is 25.0 Å². The van der Waals surface area contributed by atoms with E-state index in [1.807, 2.05) is 4.90 Å². The lowest BCUT2D eigenvalue weighted by Crippen LogP contribution is -2.47. The fourth-order valence-electron chi connectivity index (χ4n) is 3.64. The molecule has 2 fully saturated rings. The van der Waals surface area contributed by atoms with Gasteiger partial charge in [-0.2, -0.15) is 0 Å². The van der Waals surface area contributed by atoms with Crippen molar-refractivity contribution < 1.29 is 14.7 Å². The van der Waals surface area contributed by atoms with Gasteiger partial charge in [-0.15, -0.1) is 11.3 Å². The molecule has 0 aromatic carbocycles. The fraction of sp³-hybridized carbons (Fsp3) is 0.706. The van der Waals surface area contributed by atoms with Crippen LogP contribution >= 0.6 is 23.1 Å². The van der Waals surface area contributed by atoms with E-state index in [2.05, 4.69) is 16.8 Å². The van der Waals surface area contributed by atoms with Crippen LogP contribution in [0.2, 0.25) is 0 Å². The Balaban J connectivity index is 1.50. The van der Waals surface area contributed by atoms with Crippen molar-refractivity contribution >= 4 is 35.0 Å². The van der Waals surface area contributed by atoms with E-state index in [1.165, 1.54) is 42.4 Å². The Labute approximate surface area is 156 Å². The SMILES string of the molecule is CC1CCCCN1CC1CCC(=O)N1CCSc1nc(C(=O)O)cs1. The Bertz CT molecular complexity index is 622. The molecule has 1 amide bonds. The highest BCUT2D eigenvalue weighted by atomic mass is 32.2. The number of piperidine rings is 1. The lowest BCUT2D eigenvalue weighted by atomic mass is 10.0. The van der Waals surface area contributed by atoms with Gasteiger partial charge < -0.3 is 10.0 Å². The van der Waals surface area contributed by atoms with Crippen molar-refractivity contribution in [2.45, 2.75) is 55.5 Å². The molecule has 2 unspecified atom stereocenters. The summed E-state index contributed by atoms with van der Waals surface area (Å²) in [6.07, 6.45) is 5.43. The highest BCUT2D eigenvalue weighted by Gasteiger charge is 2.33. The second kappa shape index (κ2) is 8.51. The summed E-state index contributed by atoms with van der Waals surface area (Å²) in [4.78, 5) is 31.8. The molecule has 1 N–H and O–H groups in total. The second-order valence-electron chi connectivity index (χ2n) is 6.77. The van der Waals surface area contributed by atoms with Crippen LogP contribution in [0.4, 0.5) is 0 Å². The Morgan fingerprint density at radius 3 is 3.00 bits per heavy atom. The molecule has 138 valence electrons. The van der Waals surface area contributed by atoms with Crippen LogP contribution in [-0.4, -0.2) is 69.2 Å². The van der Waals surface area contributed by atoms with Crippen LogP contribution in [0.1, 0.15) is 49.5 Å². The molecule has 2 saturated heterocycles. The van der Waals surface area contributed by atoms with Crippen molar-refractivity contribution in [3.8, 4) is 0 Å². The Kier molecular flexibility index (Phi) is 6.35. The Morgan fingerprint density at radius 2 is 2.28 bits per heavy atom. The molecule has 0 radical (unpaired) electrons. The van der Waals surface area contributed by atoms with E-state index >= 15 is 0 Å². The largest absolute Gasteiger partial charge is 0.476 e. The molecule has 25 heavy (non-hydrogen) atoms. The van der Waals surface area contributed by atoms with Crippen LogP contribution in [-0.2, 0) is 4.79 Å². The van der Waals surface area contributed by atoms with Crippen molar-refractivity contribution in [1.82, 2.24) is 14.8 Å². The summed E-state index contributed by atoms with van der Waals surface area (Å²) < 4.78 is 0.755. The average molecular weight is 384 g/mol. The highest BCUT2D eigenvalue weighted by Crippen LogP contribution is 2.26. The quantitative estimate of drug-likeness (QED) is 0.730. The molecule has 6 nitrogen and oxygen atoms in total. The van der Waals surface area contributed by atoms with Crippen molar-refractivity contribution in [1.29, 1.82) is 0 Å². The van der Waals surface area contributed by atoms with Gasteiger partial charge in [0.05, 0.1) is 0 Å². The van der Waals surface area contributed by atoms with Gasteiger partial charge in [0.25, 0.3) is 0 Å². The summed E-state index contributed by atoms with van der Waals surface area (Å²) in [6.45, 7) is 5.13. The van der Waals surface area contributed by atoms with E-state index in [1.54, 1.807) is 5.38 Å². The second-order valence-corrected chi connectivity index (χ2v) is 8.97. The van der Waals surface area contributed by atoms with Crippen molar-refractivity contribution in [3.05, 3.63) is 11.1 Å². The van der Waals surface area contributed by atoms with Crippen molar-refractivity contribution in [2.24, 2.45) is 0 Å². The van der Waals surface area contributed by atoms with Crippen LogP contribution < -0.4 is 0 Å². The first-order valence-corrected chi connectivity index (χ1v) is 10.8. The zero-order valence-electron chi connectivity index (χ0n) is 14.5. The maximum atomic E-state index is 12.3. The number of carbonyl (C=O) groups is 2. The molecule has 1 aromatic heterocycles. The summed E-state index contributed by atoms with van der Waals surface area (Å²) in [5.74, 6) is 0.0128.